The Morgan fingerprint density at radius 1 is 1.11 bits per heavy atom. The maximum absolute atomic E-state index is 2.23. The van der Waals surface area contributed by atoms with Gasteiger partial charge in [-0.05, 0) is 30.9 Å². The van der Waals surface area contributed by atoms with Gasteiger partial charge in [0.1, 0.15) is 0 Å². The molecule has 0 amide bonds. The van der Waals surface area contributed by atoms with Crippen molar-refractivity contribution in [1.82, 2.24) is 0 Å². The molecule has 1 heterocycles. The van der Waals surface area contributed by atoms with Crippen molar-refractivity contribution in [3.63, 3.8) is 0 Å². The fraction of sp³-hybridized carbons (Fsp3) is 1.00. The van der Waals surface area contributed by atoms with Crippen LogP contribution in [0.1, 0.15) is 32.1 Å². The minimum Gasteiger partial charge on any atom is -0.158 e. The molecule has 2 bridgehead atoms. The van der Waals surface area contributed by atoms with E-state index in [-0.39, 0.29) is 0 Å². The van der Waals surface area contributed by atoms with E-state index in [9.17, 15) is 0 Å². The van der Waals surface area contributed by atoms with Gasteiger partial charge in [-0.25, -0.2) is 0 Å². The van der Waals surface area contributed by atoms with Gasteiger partial charge in [0.2, 0.25) is 0 Å². The summed E-state index contributed by atoms with van der Waals surface area (Å²) in [6.07, 6.45) is 7.62. The van der Waals surface area contributed by atoms with Crippen LogP contribution < -0.4 is 0 Å². The quantitative estimate of drug-likeness (QED) is 0.501. The summed E-state index contributed by atoms with van der Waals surface area (Å²) in [6, 6.07) is 0. The van der Waals surface area contributed by atoms with Gasteiger partial charge in [0.15, 0.2) is 0 Å². The molecule has 2 unspecified atom stereocenters. The summed E-state index contributed by atoms with van der Waals surface area (Å²) >= 11 is 2.23. The molecule has 52 valence electrons. The minimum atomic E-state index is 1.07. The molecule has 1 aliphatic carbocycles. The molecule has 0 N–H and O–H groups in total. The van der Waals surface area contributed by atoms with Crippen LogP contribution in [0, 0.1) is 5.92 Å². The highest BCUT2D eigenvalue weighted by Gasteiger charge is 2.26. The Labute approximate surface area is 61.4 Å². The van der Waals surface area contributed by atoms with Crippen molar-refractivity contribution in [2.24, 2.45) is 5.92 Å². The smallest absolute Gasteiger partial charge is 0.00500 e. The lowest BCUT2D eigenvalue weighted by molar-refractivity contribution is 0.537. The van der Waals surface area contributed by atoms with Gasteiger partial charge in [-0.1, -0.05) is 12.8 Å². The summed E-state index contributed by atoms with van der Waals surface area (Å²) in [5.41, 5.74) is 0. The zero-order chi connectivity index (χ0) is 6.10. The van der Waals surface area contributed by atoms with Gasteiger partial charge in [0.25, 0.3) is 0 Å². The van der Waals surface area contributed by atoms with Crippen LogP contribution in [0.25, 0.3) is 0 Å². The fourth-order valence-electron chi connectivity index (χ4n) is 1.99. The van der Waals surface area contributed by atoms with Crippen molar-refractivity contribution in [3.05, 3.63) is 0 Å². The van der Waals surface area contributed by atoms with Crippen molar-refractivity contribution in [3.8, 4) is 0 Å². The van der Waals surface area contributed by atoms with E-state index >= 15 is 0 Å². The van der Waals surface area contributed by atoms with E-state index in [0.29, 0.717) is 0 Å². The highest BCUT2D eigenvalue weighted by Crippen LogP contribution is 2.39. The van der Waals surface area contributed by atoms with E-state index < -0.39 is 0 Å². The SMILES string of the molecule is C1CCC2CC(C1)CS2. The van der Waals surface area contributed by atoms with Crippen molar-refractivity contribution in [2.75, 3.05) is 5.75 Å². The Kier molecular flexibility index (Phi) is 1.71. The minimum absolute atomic E-state index is 1.07. The molecule has 0 aromatic rings. The number of hydrogen-bond acceptors (Lipinski definition) is 1. The van der Waals surface area contributed by atoms with E-state index in [1.165, 1.54) is 31.4 Å². The molecule has 1 saturated heterocycles. The van der Waals surface area contributed by atoms with Crippen molar-refractivity contribution >= 4 is 11.8 Å². The molecule has 9 heavy (non-hydrogen) atoms. The number of rotatable bonds is 0. The molecule has 0 radical (unpaired) electrons. The van der Waals surface area contributed by atoms with Crippen LogP contribution in [0.4, 0.5) is 0 Å². The summed E-state index contributed by atoms with van der Waals surface area (Å²) < 4.78 is 0. The molecular weight excluding hydrogens is 128 g/mol. The molecule has 2 rings (SSSR count). The topological polar surface area (TPSA) is 0 Å². The van der Waals surface area contributed by atoms with E-state index in [1.807, 2.05) is 0 Å². The number of thioether (sulfide) groups is 1. The standard InChI is InChI=1S/C8H14S/c1-2-4-8-5-7(3-1)6-9-8/h7-8H,1-6H2. The third kappa shape index (κ3) is 1.26. The van der Waals surface area contributed by atoms with Crippen LogP contribution in [0.3, 0.4) is 0 Å². The average molecular weight is 142 g/mol. The molecule has 2 aliphatic rings. The second-order valence-corrected chi connectivity index (χ2v) is 4.67. The predicted molar refractivity (Wildman–Crippen MR) is 42.8 cm³/mol. The molecule has 1 heteroatoms. The maximum Gasteiger partial charge on any atom is 0.00500 e. The Morgan fingerprint density at radius 3 is 3.00 bits per heavy atom. The van der Waals surface area contributed by atoms with Crippen LogP contribution in [-0.4, -0.2) is 11.0 Å². The molecule has 1 saturated carbocycles. The normalized spacial score (nSPS) is 42.7. The van der Waals surface area contributed by atoms with E-state index in [1.54, 1.807) is 6.42 Å². The summed E-state index contributed by atoms with van der Waals surface area (Å²) in [5, 5.41) is 1.07. The molecule has 0 aromatic heterocycles. The summed E-state index contributed by atoms with van der Waals surface area (Å²) in [7, 11) is 0. The molecule has 2 fully saturated rings. The Hall–Kier alpha value is 0.350. The molecule has 2 atom stereocenters. The van der Waals surface area contributed by atoms with E-state index in [2.05, 4.69) is 11.8 Å². The second kappa shape index (κ2) is 2.53. The fourth-order valence-corrected chi connectivity index (χ4v) is 3.58. The first-order chi connectivity index (χ1) is 4.45. The van der Waals surface area contributed by atoms with Gasteiger partial charge < -0.3 is 0 Å². The molecular formula is C8H14S. The average Bonchev–Trinajstić information content (AvgIpc) is 2.09. The Balaban J connectivity index is 1.99. The molecule has 0 aromatic carbocycles. The first kappa shape index (κ1) is 6.09. The van der Waals surface area contributed by atoms with Gasteiger partial charge in [0.05, 0.1) is 0 Å². The third-order valence-electron chi connectivity index (χ3n) is 2.55. The summed E-state index contributed by atoms with van der Waals surface area (Å²) in [6.45, 7) is 0. The lowest BCUT2D eigenvalue weighted by atomic mass is 10.0. The van der Waals surface area contributed by atoms with Gasteiger partial charge in [-0.15, -0.1) is 0 Å². The van der Waals surface area contributed by atoms with Crippen molar-refractivity contribution in [1.29, 1.82) is 0 Å². The molecule has 0 spiro atoms. The largest absolute Gasteiger partial charge is 0.158 e. The first-order valence-corrected chi connectivity index (χ1v) is 5.11. The summed E-state index contributed by atoms with van der Waals surface area (Å²) in [5.74, 6) is 2.59. The lowest BCUT2D eigenvalue weighted by Crippen LogP contribution is -1.95. The van der Waals surface area contributed by atoms with Crippen molar-refractivity contribution in [2.45, 2.75) is 37.4 Å². The van der Waals surface area contributed by atoms with Crippen LogP contribution in [-0.2, 0) is 0 Å². The van der Waals surface area contributed by atoms with Gasteiger partial charge in [0, 0.05) is 5.25 Å². The highest BCUT2D eigenvalue weighted by atomic mass is 32.2. The van der Waals surface area contributed by atoms with Crippen LogP contribution in [0.15, 0.2) is 0 Å². The molecule has 1 aliphatic heterocycles. The maximum atomic E-state index is 2.23. The zero-order valence-electron chi connectivity index (χ0n) is 5.81. The van der Waals surface area contributed by atoms with Crippen LogP contribution in [0.2, 0.25) is 0 Å². The Morgan fingerprint density at radius 2 is 2.00 bits per heavy atom. The third-order valence-corrected chi connectivity index (χ3v) is 4.12. The Bertz CT molecular complexity index is 88.7. The first-order valence-electron chi connectivity index (χ1n) is 4.07. The van der Waals surface area contributed by atoms with Crippen molar-refractivity contribution < 1.29 is 0 Å². The number of hydrogen-bond donors (Lipinski definition) is 0. The van der Waals surface area contributed by atoms with E-state index in [4.69, 9.17) is 0 Å². The molecule has 0 nitrogen and oxygen atoms in total. The van der Waals surface area contributed by atoms with Gasteiger partial charge >= 0.3 is 0 Å². The van der Waals surface area contributed by atoms with Crippen LogP contribution in [0.5, 0.6) is 0 Å². The van der Waals surface area contributed by atoms with Gasteiger partial charge in [-0.3, -0.25) is 0 Å². The zero-order valence-corrected chi connectivity index (χ0v) is 6.62. The van der Waals surface area contributed by atoms with E-state index in [0.717, 1.165) is 11.2 Å². The van der Waals surface area contributed by atoms with Crippen LogP contribution >= 0.6 is 11.8 Å². The number of fused-ring (bicyclic) bond motifs is 2. The highest BCUT2D eigenvalue weighted by molar-refractivity contribution is 8.00. The van der Waals surface area contributed by atoms with Gasteiger partial charge in [-0.2, -0.15) is 11.8 Å². The lowest BCUT2D eigenvalue weighted by Gasteiger charge is -2.05. The predicted octanol–water partition coefficient (Wildman–Crippen LogP) is 2.68. The second-order valence-electron chi connectivity index (χ2n) is 3.34. The monoisotopic (exact) mass is 142 g/mol. The summed E-state index contributed by atoms with van der Waals surface area (Å²) in [4.78, 5) is 0.